The van der Waals surface area contributed by atoms with E-state index in [4.69, 9.17) is 4.74 Å². The van der Waals surface area contributed by atoms with Gasteiger partial charge in [-0.1, -0.05) is 30.3 Å². The van der Waals surface area contributed by atoms with Crippen LogP contribution in [0.1, 0.15) is 18.1 Å². The van der Waals surface area contributed by atoms with Crippen LogP contribution in [-0.4, -0.2) is 6.10 Å². The number of alkyl halides is 3. The van der Waals surface area contributed by atoms with Gasteiger partial charge in [0.15, 0.2) is 0 Å². The quantitative estimate of drug-likeness (QED) is 0.816. The Hall–Kier alpha value is -2.01. The number of rotatable bonds is 1. The molecule has 0 fully saturated rings. The first-order chi connectivity index (χ1) is 9.45. The van der Waals surface area contributed by atoms with E-state index in [-0.39, 0.29) is 12.3 Å². The van der Waals surface area contributed by atoms with Gasteiger partial charge in [0.1, 0.15) is 11.9 Å². The number of benzene rings is 2. The number of fused-ring (bicyclic) bond motifs is 1. The highest BCUT2D eigenvalue weighted by Crippen LogP contribution is 2.40. The average Bonchev–Trinajstić information content (AvgIpc) is 2.77. The van der Waals surface area contributed by atoms with Gasteiger partial charge in [-0.3, -0.25) is 0 Å². The maximum absolute atomic E-state index is 12.8. The van der Waals surface area contributed by atoms with Gasteiger partial charge in [0.05, 0.1) is 5.56 Å². The minimum atomic E-state index is -4.33. The number of para-hydroxylation sites is 1. The molecule has 3 N–H and O–H groups in total. The Bertz CT molecular complexity index is 652. The number of hydrogen-bond acceptors (Lipinski definition) is 2. The molecule has 2 aromatic carbocycles. The van der Waals surface area contributed by atoms with Gasteiger partial charge in [-0.25, -0.2) is 0 Å². The zero-order valence-electron chi connectivity index (χ0n) is 11.6. The molecule has 1 heterocycles. The molecule has 5 heteroatoms. The second-order valence-electron chi connectivity index (χ2n) is 5.00. The minimum Gasteiger partial charge on any atom is -0.489 e. The van der Waals surface area contributed by atoms with E-state index in [1.165, 1.54) is 12.1 Å². The molecular formula is C16H16F3NO. The second-order valence-corrected chi connectivity index (χ2v) is 5.00. The van der Waals surface area contributed by atoms with Gasteiger partial charge < -0.3 is 10.9 Å². The lowest BCUT2D eigenvalue weighted by atomic mass is 9.99. The Morgan fingerprint density at radius 2 is 1.81 bits per heavy atom. The van der Waals surface area contributed by atoms with Crippen LogP contribution in [0.2, 0.25) is 0 Å². The third kappa shape index (κ3) is 2.88. The van der Waals surface area contributed by atoms with Crippen molar-refractivity contribution in [2.75, 3.05) is 0 Å². The van der Waals surface area contributed by atoms with E-state index in [0.717, 1.165) is 23.6 Å². The van der Waals surface area contributed by atoms with E-state index in [2.05, 4.69) is 0 Å². The van der Waals surface area contributed by atoms with Gasteiger partial charge in [-0.15, -0.1) is 0 Å². The number of ether oxygens (including phenoxy) is 1. The van der Waals surface area contributed by atoms with Crippen LogP contribution in [0.25, 0.3) is 11.1 Å². The monoisotopic (exact) mass is 295 g/mol. The average molecular weight is 295 g/mol. The predicted molar refractivity (Wildman–Crippen MR) is 75.7 cm³/mol. The minimum absolute atomic E-state index is 0. The van der Waals surface area contributed by atoms with E-state index in [1.807, 2.05) is 19.1 Å². The molecule has 0 bridgehead atoms. The highest BCUT2D eigenvalue weighted by molar-refractivity contribution is 5.73. The molecule has 0 saturated carbocycles. The molecule has 0 saturated heterocycles. The van der Waals surface area contributed by atoms with Crippen molar-refractivity contribution in [2.24, 2.45) is 0 Å². The van der Waals surface area contributed by atoms with Crippen molar-refractivity contribution in [3.63, 3.8) is 0 Å². The highest BCUT2D eigenvalue weighted by Gasteiger charge is 2.31. The molecule has 3 rings (SSSR count). The fourth-order valence-corrected chi connectivity index (χ4v) is 2.53. The van der Waals surface area contributed by atoms with Crippen LogP contribution < -0.4 is 10.9 Å². The molecule has 2 aromatic rings. The molecule has 0 spiro atoms. The van der Waals surface area contributed by atoms with Crippen LogP contribution in [0, 0.1) is 0 Å². The van der Waals surface area contributed by atoms with Crippen LogP contribution in [0.5, 0.6) is 5.75 Å². The lowest BCUT2D eigenvalue weighted by Gasteiger charge is -2.12. The first-order valence-electron chi connectivity index (χ1n) is 6.41. The third-order valence-corrected chi connectivity index (χ3v) is 3.42. The molecular weight excluding hydrogens is 279 g/mol. The van der Waals surface area contributed by atoms with Crippen molar-refractivity contribution in [1.29, 1.82) is 0 Å². The molecule has 0 aliphatic carbocycles. The summed E-state index contributed by atoms with van der Waals surface area (Å²) in [4.78, 5) is 0. The van der Waals surface area contributed by atoms with Crippen LogP contribution in [0.3, 0.4) is 0 Å². The fraction of sp³-hybridized carbons (Fsp3) is 0.250. The molecule has 1 atom stereocenters. The van der Waals surface area contributed by atoms with Crippen molar-refractivity contribution in [3.8, 4) is 16.9 Å². The van der Waals surface area contributed by atoms with Crippen molar-refractivity contribution in [3.05, 3.63) is 53.6 Å². The van der Waals surface area contributed by atoms with Gasteiger partial charge in [0, 0.05) is 12.0 Å². The lowest BCUT2D eigenvalue weighted by Crippen LogP contribution is -2.06. The summed E-state index contributed by atoms with van der Waals surface area (Å²) in [6, 6.07) is 11.0. The van der Waals surface area contributed by atoms with Crippen molar-refractivity contribution in [1.82, 2.24) is 6.15 Å². The molecule has 1 unspecified atom stereocenters. The maximum Gasteiger partial charge on any atom is 0.416 e. The zero-order valence-corrected chi connectivity index (χ0v) is 11.6. The molecule has 0 amide bonds. The van der Waals surface area contributed by atoms with Crippen LogP contribution >= 0.6 is 0 Å². The van der Waals surface area contributed by atoms with E-state index >= 15 is 0 Å². The van der Waals surface area contributed by atoms with Gasteiger partial charge in [-0.2, -0.15) is 13.2 Å². The number of hydrogen-bond donors (Lipinski definition) is 1. The molecule has 0 radical (unpaired) electrons. The first kappa shape index (κ1) is 15.4. The van der Waals surface area contributed by atoms with Crippen molar-refractivity contribution in [2.45, 2.75) is 25.6 Å². The largest absolute Gasteiger partial charge is 0.489 e. The predicted octanol–water partition coefficient (Wildman–Crippen LogP) is 4.86. The van der Waals surface area contributed by atoms with Gasteiger partial charge in [-0.05, 0) is 30.2 Å². The summed E-state index contributed by atoms with van der Waals surface area (Å²) in [7, 11) is 0. The fourth-order valence-electron chi connectivity index (χ4n) is 2.53. The highest BCUT2D eigenvalue weighted by atomic mass is 19.4. The summed E-state index contributed by atoms with van der Waals surface area (Å²) < 4.78 is 44.1. The summed E-state index contributed by atoms with van der Waals surface area (Å²) in [5.74, 6) is 0.708. The molecule has 0 aromatic heterocycles. The summed E-state index contributed by atoms with van der Waals surface area (Å²) in [5.41, 5.74) is 1.66. The summed E-state index contributed by atoms with van der Waals surface area (Å²) in [6.07, 6.45) is -3.47. The summed E-state index contributed by atoms with van der Waals surface area (Å²) in [6.45, 7) is 1.95. The van der Waals surface area contributed by atoms with Crippen LogP contribution in [0.4, 0.5) is 13.2 Å². The summed E-state index contributed by atoms with van der Waals surface area (Å²) >= 11 is 0. The maximum atomic E-state index is 12.8. The smallest absolute Gasteiger partial charge is 0.416 e. The van der Waals surface area contributed by atoms with Crippen LogP contribution in [0.15, 0.2) is 42.5 Å². The lowest BCUT2D eigenvalue weighted by molar-refractivity contribution is -0.137. The van der Waals surface area contributed by atoms with E-state index in [0.29, 0.717) is 11.3 Å². The van der Waals surface area contributed by atoms with E-state index < -0.39 is 11.7 Å². The van der Waals surface area contributed by atoms with Crippen molar-refractivity contribution >= 4 is 0 Å². The number of halogens is 3. The molecule has 2 nitrogen and oxygen atoms in total. The Kier molecular flexibility index (Phi) is 3.96. The van der Waals surface area contributed by atoms with Gasteiger partial charge >= 0.3 is 6.18 Å². The van der Waals surface area contributed by atoms with Crippen LogP contribution in [-0.2, 0) is 12.6 Å². The SMILES string of the molecule is CC1Cc2cccc(-c3cccc(C(F)(F)F)c3)c2O1.N. The molecule has 112 valence electrons. The standard InChI is InChI=1S/C16H13F3O.H3N/c1-10-8-12-5-3-7-14(15(12)20-10)11-4-2-6-13(9-11)16(17,18)19;/h2-7,9-10H,8H2,1H3;1H3. The third-order valence-electron chi connectivity index (χ3n) is 3.42. The second kappa shape index (κ2) is 5.41. The van der Waals surface area contributed by atoms with E-state index in [9.17, 15) is 13.2 Å². The summed E-state index contributed by atoms with van der Waals surface area (Å²) in [5, 5.41) is 0. The molecule has 21 heavy (non-hydrogen) atoms. The Morgan fingerprint density at radius 3 is 2.52 bits per heavy atom. The zero-order chi connectivity index (χ0) is 14.3. The van der Waals surface area contributed by atoms with Gasteiger partial charge in [0.25, 0.3) is 0 Å². The topological polar surface area (TPSA) is 44.2 Å². The normalized spacial score (nSPS) is 16.9. The van der Waals surface area contributed by atoms with E-state index in [1.54, 1.807) is 12.1 Å². The Labute approximate surface area is 121 Å². The first-order valence-corrected chi connectivity index (χ1v) is 6.41. The van der Waals surface area contributed by atoms with Gasteiger partial charge in [0.2, 0.25) is 0 Å². The molecule has 1 aliphatic rings. The molecule has 1 aliphatic heterocycles. The van der Waals surface area contributed by atoms with Crippen molar-refractivity contribution < 1.29 is 17.9 Å². The Morgan fingerprint density at radius 1 is 1.10 bits per heavy atom. The Balaban J connectivity index is 0.00000161.